The highest BCUT2D eigenvalue weighted by Crippen LogP contribution is 2.13. The number of likely N-dealkylation sites (N-methyl/N-ethyl adjacent to an activating group) is 1. The van der Waals surface area contributed by atoms with Gasteiger partial charge in [0.1, 0.15) is 6.54 Å². The minimum atomic E-state index is 0.0138. The van der Waals surface area contributed by atoms with Crippen LogP contribution in [0.5, 0.6) is 0 Å². The van der Waals surface area contributed by atoms with Crippen LogP contribution in [0.1, 0.15) is 33.1 Å². The van der Waals surface area contributed by atoms with Crippen molar-refractivity contribution >= 4 is 11.9 Å². The second-order valence-electron chi connectivity index (χ2n) is 7.61. The van der Waals surface area contributed by atoms with Crippen LogP contribution in [-0.4, -0.2) is 87.2 Å². The number of carbonyl (C=O) groups is 1. The van der Waals surface area contributed by atoms with E-state index in [0.29, 0.717) is 18.0 Å². The first-order chi connectivity index (χ1) is 12.0. The van der Waals surface area contributed by atoms with E-state index in [9.17, 15) is 4.79 Å². The number of rotatable bonds is 6. The van der Waals surface area contributed by atoms with Gasteiger partial charge in [0.05, 0.1) is 6.61 Å². The van der Waals surface area contributed by atoms with Crippen molar-refractivity contribution in [3.05, 3.63) is 0 Å². The number of amides is 1. The molecule has 7 nitrogen and oxygen atoms in total. The van der Waals surface area contributed by atoms with Crippen LogP contribution >= 0.6 is 0 Å². The van der Waals surface area contributed by atoms with Crippen LogP contribution in [-0.2, 0) is 9.53 Å². The van der Waals surface area contributed by atoms with Crippen LogP contribution in [0.15, 0.2) is 4.99 Å². The van der Waals surface area contributed by atoms with E-state index in [1.165, 1.54) is 0 Å². The van der Waals surface area contributed by atoms with Crippen molar-refractivity contribution in [3.8, 4) is 0 Å². The van der Waals surface area contributed by atoms with Gasteiger partial charge >= 0.3 is 0 Å². The molecule has 2 rings (SSSR count). The van der Waals surface area contributed by atoms with Gasteiger partial charge in [0.2, 0.25) is 5.91 Å². The average Bonchev–Trinajstić information content (AvgIpc) is 3.10. The Morgan fingerprint density at radius 1 is 1.28 bits per heavy atom. The highest BCUT2D eigenvalue weighted by atomic mass is 16.5. The summed E-state index contributed by atoms with van der Waals surface area (Å²) in [5.41, 5.74) is 0. The van der Waals surface area contributed by atoms with Gasteiger partial charge in [0.25, 0.3) is 0 Å². The largest absolute Gasteiger partial charge is 0.381 e. The van der Waals surface area contributed by atoms with Crippen LogP contribution < -0.4 is 10.6 Å². The van der Waals surface area contributed by atoms with E-state index in [0.717, 1.165) is 58.1 Å². The second-order valence-corrected chi connectivity index (χ2v) is 7.61. The Balaban J connectivity index is 1.86. The Kier molecular flexibility index (Phi) is 7.96. The third-order valence-corrected chi connectivity index (χ3v) is 5.05. The Morgan fingerprint density at radius 3 is 2.56 bits per heavy atom. The van der Waals surface area contributed by atoms with Crippen molar-refractivity contribution in [3.63, 3.8) is 0 Å². The van der Waals surface area contributed by atoms with Crippen LogP contribution in [0, 0.1) is 5.92 Å². The molecule has 2 heterocycles. The molecule has 1 atom stereocenters. The number of guanidine groups is 1. The maximum atomic E-state index is 11.9. The summed E-state index contributed by atoms with van der Waals surface area (Å²) in [4.78, 5) is 20.4. The quantitative estimate of drug-likeness (QED) is 0.538. The Bertz CT molecular complexity index is 439. The molecule has 0 radical (unpaired) electrons. The molecule has 0 aliphatic carbocycles. The summed E-state index contributed by atoms with van der Waals surface area (Å²) in [7, 11) is 3.52. The average molecular weight is 354 g/mol. The normalized spacial score (nSPS) is 23.1. The number of ether oxygens (including phenoxy) is 1. The molecular formula is C18H35N5O2. The molecule has 0 saturated carbocycles. The summed E-state index contributed by atoms with van der Waals surface area (Å²) in [5, 5.41) is 6.95. The third kappa shape index (κ3) is 6.82. The molecule has 1 amide bonds. The predicted octanol–water partition coefficient (Wildman–Crippen LogP) is 0.519. The highest BCUT2D eigenvalue weighted by Gasteiger charge is 2.22. The molecule has 2 aliphatic heterocycles. The highest BCUT2D eigenvalue weighted by molar-refractivity contribution is 5.84. The number of nitrogens with one attached hydrogen (secondary N) is 2. The fourth-order valence-electron chi connectivity index (χ4n) is 3.18. The number of hydrogen-bond donors (Lipinski definition) is 2. The molecule has 1 unspecified atom stereocenters. The summed E-state index contributed by atoms with van der Waals surface area (Å²) >= 11 is 0. The summed E-state index contributed by atoms with van der Waals surface area (Å²) < 4.78 is 5.44. The lowest BCUT2D eigenvalue weighted by Crippen LogP contribution is -2.50. The van der Waals surface area contributed by atoms with Crippen molar-refractivity contribution in [1.82, 2.24) is 20.4 Å². The van der Waals surface area contributed by atoms with Gasteiger partial charge in [-0.25, -0.2) is 4.99 Å². The van der Waals surface area contributed by atoms with E-state index >= 15 is 0 Å². The Hall–Kier alpha value is -1.34. The van der Waals surface area contributed by atoms with E-state index in [2.05, 4.69) is 34.4 Å². The topological polar surface area (TPSA) is 69.2 Å². The first kappa shape index (κ1) is 20.0. The van der Waals surface area contributed by atoms with Gasteiger partial charge in [-0.2, -0.15) is 0 Å². The SMILES string of the molecule is CC(C)N1CCC(NC(=NCC(=O)N(C)C)NCC2CCOC2)CC1. The molecule has 0 aromatic rings. The van der Waals surface area contributed by atoms with Gasteiger partial charge in [-0.05, 0) is 33.1 Å². The molecule has 2 saturated heterocycles. The number of piperidine rings is 1. The predicted molar refractivity (Wildman–Crippen MR) is 101 cm³/mol. The van der Waals surface area contributed by atoms with Crippen molar-refractivity contribution in [2.75, 3.05) is 53.5 Å². The van der Waals surface area contributed by atoms with Gasteiger partial charge < -0.3 is 25.2 Å². The molecular weight excluding hydrogens is 318 g/mol. The number of hydrogen-bond acceptors (Lipinski definition) is 4. The third-order valence-electron chi connectivity index (χ3n) is 5.05. The molecule has 0 aromatic carbocycles. The maximum Gasteiger partial charge on any atom is 0.243 e. The van der Waals surface area contributed by atoms with Crippen LogP contribution in [0.2, 0.25) is 0 Å². The molecule has 0 aromatic heterocycles. The lowest BCUT2D eigenvalue weighted by atomic mass is 10.0. The molecule has 2 fully saturated rings. The van der Waals surface area contributed by atoms with E-state index in [4.69, 9.17) is 4.74 Å². The molecule has 25 heavy (non-hydrogen) atoms. The molecule has 0 spiro atoms. The smallest absolute Gasteiger partial charge is 0.243 e. The van der Waals surface area contributed by atoms with Crippen molar-refractivity contribution in [1.29, 1.82) is 0 Å². The summed E-state index contributed by atoms with van der Waals surface area (Å²) in [6.45, 7) is 9.38. The fourth-order valence-corrected chi connectivity index (χ4v) is 3.18. The van der Waals surface area contributed by atoms with Gasteiger partial charge in [-0.1, -0.05) is 0 Å². The summed E-state index contributed by atoms with van der Waals surface area (Å²) in [6, 6.07) is 1.02. The Morgan fingerprint density at radius 2 is 2.00 bits per heavy atom. The molecule has 7 heteroatoms. The van der Waals surface area contributed by atoms with Crippen molar-refractivity contribution < 1.29 is 9.53 Å². The fraction of sp³-hybridized carbons (Fsp3) is 0.889. The lowest BCUT2D eigenvalue weighted by molar-refractivity contribution is -0.127. The van der Waals surface area contributed by atoms with E-state index in [1.807, 2.05) is 0 Å². The van der Waals surface area contributed by atoms with Crippen LogP contribution in [0.4, 0.5) is 0 Å². The zero-order chi connectivity index (χ0) is 18.2. The van der Waals surface area contributed by atoms with Crippen molar-refractivity contribution in [2.24, 2.45) is 10.9 Å². The molecule has 144 valence electrons. The van der Waals surface area contributed by atoms with E-state index in [-0.39, 0.29) is 12.5 Å². The number of likely N-dealkylation sites (tertiary alicyclic amines) is 1. The maximum absolute atomic E-state index is 11.9. The number of aliphatic imine (C=N–C) groups is 1. The van der Waals surface area contributed by atoms with Gasteiger partial charge in [0, 0.05) is 58.3 Å². The van der Waals surface area contributed by atoms with Crippen molar-refractivity contribution in [2.45, 2.75) is 45.2 Å². The Labute approximate surface area is 152 Å². The first-order valence-electron chi connectivity index (χ1n) is 9.52. The van der Waals surface area contributed by atoms with E-state index in [1.54, 1.807) is 19.0 Å². The summed E-state index contributed by atoms with van der Waals surface area (Å²) in [6.07, 6.45) is 3.30. The van der Waals surface area contributed by atoms with Gasteiger partial charge in [0.15, 0.2) is 5.96 Å². The zero-order valence-electron chi connectivity index (χ0n) is 16.3. The minimum absolute atomic E-state index is 0.0138. The zero-order valence-corrected chi connectivity index (χ0v) is 16.3. The molecule has 0 bridgehead atoms. The van der Waals surface area contributed by atoms with E-state index < -0.39 is 0 Å². The first-order valence-corrected chi connectivity index (χ1v) is 9.52. The second kappa shape index (κ2) is 9.97. The molecule has 2 aliphatic rings. The van der Waals surface area contributed by atoms with Crippen LogP contribution in [0.25, 0.3) is 0 Å². The molecule has 2 N–H and O–H groups in total. The lowest BCUT2D eigenvalue weighted by Gasteiger charge is -2.35. The number of nitrogens with zero attached hydrogens (tertiary/aromatic N) is 3. The summed E-state index contributed by atoms with van der Waals surface area (Å²) in [5.74, 6) is 1.30. The standard InChI is InChI=1S/C18H35N5O2/c1-14(2)23-8-5-16(6-9-23)21-18(20-12-17(24)22(3)4)19-11-15-7-10-25-13-15/h14-16H,5-13H2,1-4H3,(H2,19,20,21). The minimum Gasteiger partial charge on any atom is -0.381 e. The van der Waals surface area contributed by atoms with Gasteiger partial charge in [-0.15, -0.1) is 0 Å². The number of carbonyl (C=O) groups excluding carboxylic acids is 1. The monoisotopic (exact) mass is 353 g/mol. The van der Waals surface area contributed by atoms with Crippen LogP contribution in [0.3, 0.4) is 0 Å². The van der Waals surface area contributed by atoms with Gasteiger partial charge in [-0.3, -0.25) is 4.79 Å².